The molecule has 0 saturated carbocycles. The molecule has 2 heteroatoms. The van der Waals surface area contributed by atoms with Crippen LogP contribution in [-0.4, -0.2) is 6.54 Å². The summed E-state index contributed by atoms with van der Waals surface area (Å²) >= 11 is 0. The third kappa shape index (κ3) is 5.06. The molecule has 0 atom stereocenters. The molecule has 0 radical (unpaired) electrons. The number of unbranched alkanes of at least 4 members (excludes halogenated alkanes) is 1. The van der Waals surface area contributed by atoms with Gasteiger partial charge in [-0.15, -0.1) is 0 Å². The summed E-state index contributed by atoms with van der Waals surface area (Å²) in [6.45, 7) is 7.65. The highest BCUT2D eigenvalue weighted by Crippen LogP contribution is 2.16. The molecule has 0 unspecified atom stereocenters. The largest absolute Gasteiger partial charge is 0.399 e. The normalized spacial score (nSPS) is 10.8. The van der Waals surface area contributed by atoms with E-state index in [-0.39, 0.29) is 0 Å². The summed E-state index contributed by atoms with van der Waals surface area (Å²) < 4.78 is 0. The average Bonchev–Trinajstić information content (AvgIpc) is 2.15. The fourth-order valence-electron chi connectivity index (χ4n) is 1.83. The van der Waals surface area contributed by atoms with Crippen LogP contribution in [0.15, 0.2) is 18.2 Å². The Morgan fingerprint density at radius 1 is 1.19 bits per heavy atom. The van der Waals surface area contributed by atoms with Gasteiger partial charge >= 0.3 is 0 Å². The van der Waals surface area contributed by atoms with E-state index < -0.39 is 0 Å². The van der Waals surface area contributed by atoms with Crippen molar-refractivity contribution >= 4 is 11.4 Å². The van der Waals surface area contributed by atoms with E-state index in [9.17, 15) is 0 Å². The molecular weight excluding hydrogens is 196 g/mol. The number of hydrogen-bond donors (Lipinski definition) is 2. The van der Waals surface area contributed by atoms with Crippen molar-refractivity contribution in [1.29, 1.82) is 0 Å². The van der Waals surface area contributed by atoms with Crippen LogP contribution in [0.25, 0.3) is 0 Å². The molecule has 0 amide bonds. The molecule has 3 N–H and O–H groups in total. The Morgan fingerprint density at radius 2 is 1.94 bits per heavy atom. The van der Waals surface area contributed by atoms with Crippen molar-refractivity contribution in [2.45, 2.75) is 40.0 Å². The van der Waals surface area contributed by atoms with Crippen molar-refractivity contribution in [3.63, 3.8) is 0 Å². The van der Waals surface area contributed by atoms with Gasteiger partial charge in [-0.1, -0.05) is 26.7 Å². The van der Waals surface area contributed by atoms with Crippen molar-refractivity contribution < 1.29 is 0 Å². The molecule has 0 aliphatic carbocycles. The van der Waals surface area contributed by atoms with Crippen molar-refractivity contribution in [2.24, 2.45) is 5.92 Å². The van der Waals surface area contributed by atoms with Gasteiger partial charge in [-0.25, -0.2) is 0 Å². The zero-order valence-electron chi connectivity index (χ0n) is 10.7. The maximum Gasteiger partial charge on any atom is 0.0363 e. The zero-order chi connectivity index (χ0) is 12.0. The summed E-state index contributed by atoms with van der Waals surface area (Å²) in [5, 5.41) is 3.42. The molecule has 0 spiro atoms. The van der Waals surface area contributed by atoms with E-state index >= 15 is 0 Å². The lowest BCUT2D eigenvalue weighted by atomic mass is 10.1. The Bertz CT molecular complexity index is 298. The van der Waals surface area contributed by atoms with Crippen molar-refractivity contribution in [3.8, 4) is 0 Å². The molecule has 0 bridgehead atoms. The van der Waals surface area contributed by atoms with Crippen molar-refractivity contribution in [1.82, 2.24) is 0 Å². The molecule has 0 aliphatic heterocycles. The van der Waals surface area contributed by atoms with E-state index in [4.69, 9.17) is 5.73 Å². The molecule has 0 saturated heterocycles. The summed E-state index contributed by atoms with van der Waals surface area (Å²) in [5.74, 6) is 0.814. The number of nitrogen functional groups attached to an aromatic ring is 1. The van der Waals surface area contributed by atoms with Crippen LogP contribution in [0.1, 0.15) is 38.7 Å². The van der Waals surface area contributed by atoms with Gasteiger partial charge in [0.25, 0.3) is 0 Å². The van der Waals surface area contributed by atoms with Gasteiger partial charge in [0, 0.05) is 17.9 Å². The Labute approximate surface area is 99.2 Å². The summed E-state index contributed by atoms with van der Waals surface area (Å²) in [5.41, 5.74) is 8.98. The standard InChI is InChI=1S/C14H24N2/c1-11(2)6-4-5-7-16-14-9-12(3)8-13(15)10-14/h8-11,16H,4-7,15H2,1-3H3. The van der Waals surface area contributed by atoms with E-state index in [2.05, 4.69) is 32.2 Å². The van der Waals surface area contributed by atoms with Gasteiger partial charge in [0.1, 0.15) is 0 Å². The molecule has 0 aromatic heterocycles. The molecule has 0 heterocycles. The van der Waals surface area contributed by atoms with Gasteiger partial charge in [-0.05, 0) is 43.0 Å². The summed E-state index contributed by atoms with van der Waals surface area (Å²) in [4.78, 5) is 0. The maximum absolute atomic E-state index is 5.79. The van der Waals surface area contributed by atoms with Crippen LogP contribution in [0.3, 0.4) is 0 Å². The molecule has 2 nitrogen and oxygen atoms in total. The number of nitrogens with two attached hydrogens (primary N) is 1. The first-order valence-electron chi connectivity index (χ1n) is 6.19. The molecule has 0 aliphatic rings. The van der Waals surface area contributed by atoms with Crippen LogP contribution in [0, 0.1) is 12.8 Å². The van der Waals surface area contributed by atoms with Crippen LogP contribution in [-0.2, 0) is 0 Å². The van der Waals surface area contributed by atoms with Crippen LogP contribution in [0.4, 0.5) is 11.4 Å². The SMILES string of the molecule is Cc1cc(N)cc(NCCCCC(C)C)c1. The van der Waals surface area contributed by atoms with E-state index in [1.165, 1.54) is 24.8 Å². The van der Waals surface area contributed by atoms with Gasteiger partial charge in [-0.3, -0.25) is 0 Å². The molecular formula is C14H24N2. The highest BCUT2D eigenvalue weighted by atomic mass is 14.9. The van der Waals surface area contributed by atoms with Crippen LogP contribution < -0.4 is 11.1 Å². The molecule has 1 aromatic rings. The van der Waals surface area contributed by atoms with Gasteiger partial charge < -0.3 is 11.1 Å². The van der Waals surface area contributed by atoms with E-state index in [1.54, 1.807) is 0 Å². The average molecular weight is 220 g/mol. The number of hydrogen-bond acceptors (Lipinski definition) is 2. The number of benzene rings is 1. The first-order valence-corrected chi connectivity index (χ1v) is 6.19. The number of rotatable bonds is 6. The lowest BCUT2D eigenvalue weighted by molar-refractivity contribution is 0.545. The lowest BCUT2D eigenvalue weighted by Gasteiger charge is -2.09. The second-order valence-electron chi connectivity index (χ2n) is 4.95. The van der Waals surface area contributed by atoms with E-state index in [0.29, 0.717) is 0 Å². The van der Waals surface area contributed by atoms with E-state index in [1.807, 2.05) is 12.1 Å². The number of aryl methyl sites for hydroxylation is 1. The van der Waals surface area contributed by atoms with Crippen LogP contribution in [0.5, 0.6) is 0 Å². The maximum atomic E-state index is 5.79. The van der Waals surface area contributed by atoms with Crippen LogP contribution in [0.2, 0.25) is 0 Å². The highest BCUT2D eigenvalue weighted by Gasteiger charge is 1.97. The monoisotopic (exact) mass is 220 g/mol. The van der Waals surface area contributed by atoms with Gasteiger partial charge in [-0.2, -0.15) is 0 Å². The third-order valence-electron chi connectivity index (χ3n) is 2.64. The van der Waals surface area contributed by atoms with Crippen LogP contribution >= 0.6 is 0 Å². The molecule has 90 valence electrons. The molecule has 1 rings (SSSR count). The first-order chi connectivity index (χ1) is 7.58. The third-order valence-corrected chi connectivity index (χ3v) is 2.64. The fourth-order valence-corrected chi connectivity index (χ4v) is 1.83. The fraction of sp³-hybridized carbons (Fsp3) is 0.571. The first kappa shape index (κ1) is 12.9. The summed E-state index contributed by atoms with van der Waals surface area (Å²) in [6, 6.07) is 6.12. The van der Waals surface area contributed by atoms with Gasteiger partial charge in [0.05, 0.1) is 0 Å². The Kier molecular flexibility index (Phi) is 5.17. The highest BCUT2D eigenvalue weighted by molar-refractivity contribution is 5.56. The summed E-state index contributed by atoms with van der Waals surface area (Å²) in [7, 11) is 0. The van der Waals surface area contributed by atoms with Gasteiger partial charge in [0.2, 0.25) is 0 Å². The Morgan fingerprint density at radius 3 is 2.56 bits per heavy atom. The minimum Gasteiger partial charge on any atom is -0.399 e. The molecule has 1 aromatic carbocycles. The predicted molar refractivity (Wildman–Crippen MR) is 72.8 cm³/mol. The number of anilines is 2. The lowest BCUT2D eigenvalue weighted by Crippen LogP contribution is -2.03. The quantitative estimate of drug-likeness (QED) is 0.565. The number of nitrogens with one attached hydrogen (secondary N) is 1. The van der Waals surface area contributed by atoms with Gasteiger partial charge in [0.15, 0.2) is 0 Å². The predicted octanol–water partition coefficient (Wildman–Crippen LogP) is 3.82. The molecule has 0 fully saturated rings. The molecule has 16 heavy (non-hydrogen) atoms. The second kappa shape index (κ2) is 6.41. The van der Waals surface area contributed by atoms with Crippen molar-refractivity contribution in [2.75, 3.05) is 17.6 Å². The van der Waals surface area contributed by atoms with E-state index in [0.717, 1.165) is 23.8 Å². The summed E-state index contributed by atoms with van der Waals surface area (Å²) in [6.07, 6.45) is 3.84. The minimum atomic E-state index is 0.814. The smallest absolute Gasteiger partial charge is 0.0363 e. The Balaban J connectivity index is 2.26. The Hall–Kier alpha value is -1.18. The topological polar surface area (TPSA) is 38.0 Å². The minimum absolute atomic E-state index is 0.814. The second-order valence-corrected chi connectivity index (χ2v) is 4.95. The zero-order valence-corrected chi connectivity index (χ0v) is 10.7. The van der Waals surface area contributed by atoms with Crippen molar-refractivity contribution in [3.05, 3.63) is 23.8 Å².